The Balaban J connectivity index is 1.20. The van der Waals surface area contributed by atoms with E-state index in [1.165, 1.54) is 116 Å². The predicted octanol–water partition coefficient (Wildman–Crippen LogP) is 14.1. The van der Waals surface area contributed by atoms with Crippen molar-refractivity contribution in [1.29, 1.82) is 0 Å². The molecular formula is C53H36N2. The zero-order valence-electron chi connectivity index (χ0n) is 30.4. The highest BCUT2D eigenvalue weighted by Crippen LogP contribution is 2.53. The summed E-state index contributed by atoms with van der Waals surface area (Å²) in [6.07, 6.45) is 14.9. The van der Waals surface area contributed by atoms with Gasteiger partial charge in [-0.1, -0.05) is 109 Å². The number of nitrogens with zero attached hydrogens (tertiary/aromatic N) is 2. The van der Waals surface area contributed by atoms with E-state index in [-0.39, 0.29) is 0 Å². The summed E-state index contributed by atoms with van der Waals surface area (Å²) in [5.41, 5.74) is 19.0. The maximum Gasteiger partial charge on any atom is 0.0627 e. The molecule has 2 heterocycles. The Morgan fingerprint density at radius 3 is 2.13 bits per heavy atom. The minimum atomic E-state index is 0.942. The van der Waals surface area contributed by atoms with Gasteiger partial charge in [-0.3, -0.25) is 0 Å². The molecule has 3 aliphatic rings. The molecule has 0 amide bonds. The Labute approximate surface area is 319 Å². The normalized spacial score (nSPS) is 14.4. The van der Waals surface area contributed by atoms with Crippen LogP contribution >= 0.6 is 0 Å². The van der Waals surface area contributed by atoms with Crippen LogP contribution in [0.2, 0.25) is 0 Å². The average Bonchev–Trinajstić information content (AvgIpc) is 3.92. The van der Waals surface area contributed by atoms with Crippen LogP contribution in [0.4, 0.5) is 17.1 Å². The van der Waals surface area contributed by atoms with Crippen LogP contribution in [0, 0.1) is 0 Å². The van der Waals surface area contributed by atoms with Gasteiger partial charge in [-0.2, -0.15) is 0 Å². The quantitative estimate of drug-likeness (QED) is 0.167. The Morgan fingerprint density at radius 1 is 0.491 bits per heavy atom. The Kier molecular flexibility index (Phi) is 5.93. The summed E-state index contributed by atoms with van der Waals surface area (Å²) in [5, 5.41) is 10.8. The lowest BCUT2D eigenvalue weighted by atomic mass is 9.83. The van der Waals surface area contributed by atoms with Crippen molar-refractivity contribution < 1.29 is 0 Å². The van der Waals surface area contributed by atoms with E-state index in [9.17, 15) is 0 Å². The molecule has 0 saturated heterocycles. The van der Waals surface area contributed by atoms with Crippen LogP contribution in [0.1, 0.15) is 46.2 Å². The zero-order valence-corrected chi connectivity index (χ0v) is 30.4. The highest BCUT2D eigenvalue weighted by Gasteiger charge is 2.30. The van der Waals surface area contributed by atoms with Gasteiger partial charge in [0.1, 0.15) is 0 Å². The largest absolute Gasteiger partial charge is 0.310 e. The van der Waals surface area contributed by atoms with Gasteiger partial charge in [0.05, 0.1) is 22.2 Å². The maximum absolute atomic E-state index is 2.54. The van der Waals surface area contributed by atoms with Crippen molar-refractivity contribution in [1.82, 2.24) is 4.40 Å². The first-order valence-electron chi connectivity index (χ1n) is 19.9. The highest BCUT2D eigenvalue weighted by molar-refractivity contribution is 6.36. The Morgan fingerprint density at radius 2 is 1.24 bits per heavy atom. The molecule has 0 aliphatic heterocycles. The maximum atomic E-state index is 2.54. The fraction of sp³-hybridized carbons (Fsp3) is 0.0943. The molecule has 0 bridgehead atoms. The smallest absolute Gasteiger partial charge is 0.0627 e. The summed E-state index contributed by atoms with van der Waals surface area (Å²) in [5.74, 6) is 0. The second-order valence-corrected chi connectivity index (χ2v) is 15.8. The fourth-order valence-electron chi connectivity index (χ4n) is 10.8. The average molecular weight is 701 g/mol. The Hall–Kier alpha value is -6.64. The van der Waals surface area contributed by atoms with Gasteiger partial charge < -0.3 is 9.30 Å². The van der Waals surface area contributed by atoms with Crippen LogP contribution in [0.15, 0.2) is 146 Å². The summed E-state index contributed by atoms with van der Waals surface area (Å²) in [6, 6.07) is 50.5. The number of hydrogen-bond acceptors (Lipinski definition) is 1. The van der Waals surface area contributed by atoms with Gasteiger partial charge in [-0.25, -0.2) is 0 Å². The summed E-state index contributed by atoms with van der Waals surface area (Å²) < 4.78 is 2.53. The minimum absolute atomic E-state index is 0.942. The van der Waals surface area contributed by atoms with Gasteiger partial charge in [-0.15, -0.1) is 0 Å². The topological polar surface area (TPSA) is 7.65 Å². The van der Waals surface area contributed by atoms with Crippen molar-refractivity contribution in [2.75, 3.05) is 4.90 Å². The fourth-order valence-corrected chi connectivity index (χ4v) is 10.8. The number of anilines is 3. The van der Waals surface area contributed by atoms with Crippen molar-refractivity contribution in [2.45, 2.75) is 32.1 Å². The van der Waals surface area contributed by atoms with Crippen LogP contribution in [0.5, 0.6) is 0 Å². The number of rotatable bonds is 3. The molecule has 0 N–H and O–H groups in total. The van der Waals surface area contributed by atoms with E-state index in [1.54, 1.807) is 5.56 Å². The van der Waals surface area contributed by atoms with Crippen molar-refractivity contribution in [2.24, 2.45) is 0 Å². The molecule has 0 radical (unpaired) electrons. The van der Waals surface area contributed by atoms with E-state index in [0.29, 0.717) is 0 Å². The number of fused-ring (bicyclic) bond motifs is 18. The molecule has 0 atom stereocenters. The Bertz CT molecular complexity index is 3340. The molecule has 0 unspecified atom stereocenters. The zero-order chi connectivity index (χ0) is 35.8. The van der Waals surface area contributed by atoms with Gasteiger partial charge >= 0.3 is 0 Å². The van der Waals surface area contributed by atoms with Crippen molar-refractivity contribution >= 4 is 88.9 Å². The molecule has 3 aliphatic carbocycles. The molecule has 55 heavy (non-hydrogen) atoms. The molecule has 2 aromatic heterocycles. The lowest BCUT2D eigenvalue weighted by molar-refractivity contribution is 0.905. The SMILES string of the molecule is C1=Cc2cc(N(c3ccccc3)c3ccc4c5c(c6c(cc7c8ccccc8n8c9ccccc9c6c78)c4c3)Cc3ccccc3-5)c3c(c2CC1)CCC=C3. The molecular weight excluding hydrogens is 665 g/mol. The van der Waals surface area contributed by atoms with Crippen molar-refractivity contribution in [3.8, 4) is 11.1 Å². The highest BCUT2D eigenvalue weighted by atomic mass is 15.1. The summed E-state index contributed by atoms with van der Waals surface area (Å²) >= 11 is 0. The van der Waals surface area contributed by atoms with Crippen molar-refractivity contribution in [3.05, 3.63) is 179 Å². The second kappa shape index (κ2) is 11.0. The standard InChI is InChI=1S/C53H36N2/c1-2-16-34(17-3-1)54(49-29-33-15-4-6-18-36(33)38-20-8-9-21-39(38)49)35-26-27-41-43(30-35)44-31-45-40-22-10-12-24-47(40)55-48-25-13-11-23-42(48)52(53(45)55)51(44)46-28-32-14-5-7-19-37(32)50(41)46/h1-5,7,9-17,19,21-27,29-31H,6,8,18,20,28H2. The minimum Gasteiger partial charge on any atom is -0.310 e. The lowest BCUT2D eigenvalue weighted by Crippen LogP contribution is -2.15. The molecule has 0 fully saturated rings. The van der Waals surface area contributed by atoms with Gasteiger partial charge in [0.15, 0.2) is 0 Å². The molecule has 13 rings (SSSR count). The predicted molar refractivity (Wildman–Crippen MR) is 234 cm³/mol. The summed E-state index contributed by atoms with van der Waals surface area (Å²) in [4.78, 5) is 2.53. The van der Waals surface area contributed by atoms with Crippen LogP contribution in [-0.4, -0.2) is 4.40 Å². The van der Waals surface area contributed by atoms with Crippen LogP contribution in [-0.2, 0) is 19.3 Å². The molecule has 8 aromatic carbocycles. The van der Waals surface area contributed by atoms with Crippen molar-refractivity contribution in [3.63, 3.8) is 0 Å². The molecule has 10 aromatic rings. The van der Waals surface area contributed by atoms with Crippen LogP contribution in [0.25, 0.3) is 82.9 Å². The molecule has 2 nitrogen and oxygen atoms in total. The van der Waals surface area contributed by atoms with Gasteiger partial charge in [0.25, 0.3) is 0 Å². The first-order chi connectivity index (χ1) is 27.3. The first-order valence-corrected chi connectivity index (χ1v) is 19.9. The van der Waals surface area contributed by atoms with E-state index in [4.69, 9.17) is 0 Å². The second-order valence-electron chi connectivity index (χ2n) is 15.8. The van der Waals surface area contributed by atoms with Crippen LogP contribution in [0.3, 0.4) is 0 Å². The van der Waals surface area contributed by atoms with Gasteiger partial charge in [0.2, 0.25) is 0 Å². The molecule has 258 valence electrons. The molecule has 0 spiro atoms. The number of para-hydroxylation sites is 3. The number of allylic oxidation sites excluding steroid dienone is 2. The van der Waals surface area contributed by atoms with E-state index >= 15 is 0 Å². The summed E-state index contributed by atoms with van der Waals surface area (Å²) in [7, 11) is 0. The van der Waals surface area contributed by atoms with Gasteiger partial charge in [-0.05, 0) is 141 Å². The summed E-state index contributed by atoms with van der Waals surface area (Å²) in [6.45, 7) is 0. The third kappa shape index (κ3) is 3.94. The van der Waals surface area contributed by atoms with E-state index < -0.39 is 0 Å². The van der Waals surface area contributed by atoms with E-state index in [2.05, 4.69) is 167 Å². The molecule has 0 saturated carbocycles. The number of aromatic nitrogens is 1. The first kappa shape index (κ1) is 29.8. The number of benzene rings is 8. The third-order valence-electron chi connectivity index (χ3n) is 13.0. The van der Waals surface area contributed by atoms with E-state index in [0.717, 1.165) is 32.1 Å². The van der Waals surface area contributed by atoms with E-state index in [1.807, 2.05) is 0 Å². The van der Waals surface area contributed by atoms with Crippen LogP contribution < -0.4 is 4.90 Å². The van der Waals surface area contributed by atoms with Gasteiger partial charge in [0, 0.05) is 38.5 Å². The lowest BCUT2D eigenvalue weighted by Gasteiger charge is -2.32. The third-order valence-corrected chi connectivity index (χ3v) is 13.0. The number of hydrogen-bond donors (Lipinski definition) is 0. The molecule has 2 heteroatoms. The monoisotopic (exact) mass is 700 g/mol.